The fraction of sp³-hybridized carbons (Fsp3) is 0.600. The van der Waals surface area contributed by atoms with Crippen LogP contribution in [0.5, 0.6) is 0 Å². The first-order valence-corrected chi connectivity index (χ1v) is 6.48. The van der Waals surface area contributed by atoms with Crippen LogP contribution in [0, 0.1) is 13.8 Å². The van der Waals surface area contributed by atoms with Gasteiger partial charge < -0.3 is 5.73 Å². The molecule has 0 radical (unpaired) electrons. The van der Waals surface area contributed by atoms with Crippen LogP contribution in [0.3, 0.4) is 0 Å². The van der Waals surface area contributed by atoms with Crippen molar-refractivity contribution >= 4 is 0 Å². The number of likely N-dealkylation sites (tertiary alicyclic amines) is 1. The van der Waals surface area contributed by atoms with Gasteiger partial charge in [0.25, 0.3) is 0 Å². The summed E-state index contributed by atoms with van der Waals surface area (Å²) >= 11 is 0. The predicted molar refractivity (Wildman–Crippen MR) is 73.0 cm³/mol. The van der Waals surface area contributed by atoms with Crippen molar-refractivity contribution in [2.75, 3.05) is 6.54 Å². The molecule has 1 aliphatic heterocycles. The van der Waals surface area contributed by atoms with Crippen LogP contribution in [0.4, 0.5) is 0 Å². The highest BCUT2D eigenvalue weighted by Crippen LogP contribution is 2.29. The Morgan fingerprint density at radius 3 is 2.59 bits per heavy atom. The minimum Gasteiger partial charge on any atom is -0.326 e. The molecule has 2 rings (SSSR count). The van der Waals surface area contributed by atoms with Crippen LogP contribution in [-0.2, 0) is 6.54 Å². The van der Waals surface area contributed by atoms with Crippen molar-refractivity contribution in [1.29, 1.82) is 0 Å². The van der Waals surface area contributed by atoms with Crippen molar-refractivity contribution in [3.05, 3.63) is 34.9 Å². The molecule has 1 heterocycles. The SMILES string of the molecule is Cc1ccc(CN2CCC(N)C2(C)C)c(C)c1. The Morgan fingerprint density at radius 1 is 1.35 bits per heavy atom. The molecule has 0 aliphatic carbocycles. The maximum Gasteiger partial charge on any atom is 0.0308 e. The van der Waals surface area contributed by atoms with Crippen molar-refractivity contribution in [3.8, 4) is 0 Å². The largest absolute Gasteiger partial charge is 0.326 e. The van der Waals surface area contributed by atoms with Crippen LogP contribution in [-0.4, -0.2) is 23.0 Å². The third-order valence-electron chi connectivity index (χ3n) is 4.29. The number of hydrogen-bond acceptors (Lipinski definition) is 2. The molecule has 1 aromatic rings. The van der Waals surface area contributed by atoms with Gasteiger partial charge in [0.1, 0.15) is 0 Å². The molecule has 2 N–H and O–H groups in total. The molecule has 0 amide bonds. The number of hydrogen-bond donors (Lipinski definition) is 1. The van der Waals surface area contributed by atoms with Gasteiger partial charge in [0, 0.05) is 24.7 Å². The molecule has 0 spiro atoms. The molecule has 1 aromatic carbocycles. The lowest BCUT2D eigenvalue weighted by atomic mass is 9.96. The average Bonchev–Trinajstić information content (AvgIpc) is 2.48. The smallest absolute Gasteiger partial charge is 0.0308 e. The molecule has 2 heteroatoms. The Labute approximate surface area is 105 Å². The van der Waals surface area contributed by atoms with Gasteiger partial charge in [-0.05, 0) is 45.2 Å². The van der Waals surface area contributed by atoms with Crippen molar-refractivity contribution in [1.82, 2.24) is 4.90 Å². The van der Waals surface area contributed by atoms with Gasteiger partial charge in [-0.25, -0.2) is 0 Å². The Bertz CT molecular complexity index is 409. The zero-order chi connectivity index (χ0) is 12.6. The van der Waals surface area contributed by atoms with Crippen molar-refractivity contribution in [3.63, 3.8) is 0 Å². The molecule has 2 nitrogen and oxygen atoms in total. The second-order valence-corrected chi connectivity index (χ2v) is 5.90. The molecule has 1 fully saturated rings. The minimum absolute atomic E-state index is 0.122. The van der Waals surface area contributed by atoms with Gasteiger partial charge >= 0.3 is 0 Å². The molecule has 1 saturated heterocycles. The summed E-state index contributed by atoms with van der Waals surface area (Å²) in [5.41, 5.74) is 10.5. The van der Waals surface area contributed by atoms with Crippen LogP contribution >= 0.6 is 0 Å². The van der Waals surface area contributed by atoms with Crippen molar-refractivity contribution in [2.45, 2.75) is 52.2 Å². The first kappa shape index (κ1) is 12.6. The summed E-state index contributed by atoms with van der Waals surface area (Å²) < 4.78 is 0. The number of nitrogens with zero attached hydrogens (tertiary/aromatic N) is 1. The molecular formula is C15H24N2. The van der Waals surface area contributed by atoms with Gasteiger partial charge in [-0.3, -0.25) is 4.90 Å². The summed E-state index contributed by atoms with van der Waals surface area (Å²) in [6.45, 7) is 11.0. The lowest BCUT2D eigenvalue weighted by Gasteiger charge is -2.34. The van der Waals surface area contributed by atoms with Crippen molar-refractivity contribution < 1.29 is 0 Å². The fourth-order valence-electron chi connectivity index (χ4n) is 2.68. The van der Waals surface area contributed by atoms with E-state index in [1.54, 1.807) is 0 Å². The minimum atomic E-state index is 0.122. The lowest BCUT2D eigenvalue weighted by molar-refractivity contribution is 0.154. The van der Waals surface area contributed by atoms with Crippen LogP contribution in [0.2, 0.25) is 0 Å². The average molecular weight is 232 g/mol. The summed E-state index contributed by atoms with van der Waals surface area (Å²) in [6, 6.07) is 7.02. The fourth-order valence-corrected chi connectivity index (χ4v) is 2.68. The van der Waals surface area contributed by atoms with Gasteiger partial charge in [0.2, 0.25) is 0 Å². The summed E-state index contributed by atoms with van der Waals surface area (Å²) in [5.74, 6) is 0. The zero-order valence-corrected chi connectivity index (χ0v) is 11.5. The van der Waals surface area contributed by atoms with Crippen molar-refractivity contribution in [2.24, 2.45) is 5.73 Å². The molecule has 94 valence electrons. The second-order valence-electron chi connectivity index (χ2n) is 5.90. The van der Waals surface area contributed by atoms with Crippen LogP contribution in [0.1, 0.15) is 37.0 Å². The maximum atomic E-state index is 6.18. The monoisotopic (exact) mass is 232 g/mol. The quantitative estimate of drug-likeness (QED) is 0.849. The lowest BCUT2D eigenvalue weighted by Crippen LogP contribution is -2.48. The molecule has 17 heavy (non-hydrogen) atoms. The summed E-state index contributed by atoms with van der Waals surface area (Å²) in [7, 11) is 0. The topological polar surface area (TPSA) is 29.3 Å². The molecule has 0 aromatic heterocycles. The van der Waals surface area contributed by atoms with E-state index < -0.39 is 0 Å². The van der Waals surface area contributed by atoms with E-state index in [-0.39, 0.29) is 5.54 Å². The molecule has 0 saturated carbocycles. The zero-order valence-electron chi connectivity index (χ0n) is 11.5. The summed E-state index contributed by atoms with van der Waals surface area (Å²) in [5, 5.41) is 0. The predicted octanol–water partition coefficient (Wildman–Crippen LogP) is 2.62. The standard InChI is InChI=1S/C15H24N2/c1-11-5-6-13(12(2)9-11)10-17-8-7-14(16)15(17,3)4/h5-6,9,14H,7-8,10,16H2,1-4H3. The number of benzene rings is 1. The Hall–Kier alpha value is -0.860. The molecule has 1 unspecified atom stereocenters. The van der Waals surface area contributed by atoms with Crippen LogP contribution in [0.15, 0.2) is 18.2 Å². The summed E-state index contributed by atoms with van der Waals surface area (Å²) in [6.07, 6.45) is 1.11. The van der Waals surface area contributed by atoms with E-state index in [1.807, 2.05) is 0 Å². The highest BCUT2D eigenvalue weighted by Gasteiger charge is 2.38. The molecule has 1 atom stereocenters. The van der Waals surface area contributed by atoms with E-state index in [0.29, 0.717) is 6.04 Å². The van der Waals surface area contributed by atoms with Gasteiger partial charge in [0.15, 0.2) is 0 Å². The van der Waals surface area contributed by atoms with E-state index in [4.69, 9.17) is 5.73 Å². The van der Waals surface area contributed by atoms with E-state index in [1.165, 1.54) is 16.7 Å². The first-order chi connectivity index (χ1) is 7.91. The highest BCUT2D eigenvalue weighted by molar-refractivity contribution is 5.30. The Kier molecular flexibility index (Phi) is 3.28. The summed E-state index contributed by atoms with van der Waals surface area (Å²) in [4.78, 5) is 2.51. The first-order valence-electron chi connectivity index (χ1n) is 6.48. The third kappa shape index (κ3) is 2.38. The Morgan fingerprint density at radius 2 is 2.06 bits per heavy atom. The number of aryl methyl sites for hydroxylation is 2. The third-order valence-corrected chi connectivity index (χ3v) is 4.29. The van der Waals surface area contributed by atoms with Gasteiger partial charge in [-0.1, -0.05) is 23.8 Å². The highest BCUT2D eigenvalue weighted by atomic mass is 15.2. The number of rotatable bonds is 2. The van der Waals surface area contributed by atoms with E-state index in [9.17, 15) is 0 Å². The van der Waals surface area contributed by atoms with E-state index in [2.05, 4.69) is 50.8 Å². The molecule has 0 bridgehead atoms. The van der Waals surface area contributed by atoms with Gasteiger partial charge in [-0.15, -0.1) is 0 Å². The van der Waals surface area contributed by atoms with Gasteiger partial charge in [0.05, 0.1) is 0 Å². The normalized spacial score (nSPS) is 24.2. The van der Waals surface area contributed by atoms with E-state index >= 15 is 0 Å². The Balaban J connectivity index is 2.16. The number of nitrogens with two attached hydrogens (primary N) is 1. The molecular weight excluding hydrogens is 208 g/mol. The second kappa shape index (κ2) is 4.43. The van der Waals surface area contributed by atoms with Crippen LogP contribution < -0.4 is 5.73 Å². The van der Waals surface area contributed by atoms with Crippen LogP contribution in [0.25, 0.3) is 0 Å². The van der Waals surface area contributed by atoms with Gasteiger partial charge in [-0.2, -0.15) is 0 Å². The van der Waals surface area contributed by atoms with E-state index in [0.717, 1.165) is 19.5 Å². The maximum absolute atomic E-state index is 6.18. The molecule has 1 aliphatic rings.